The molecule has 0 radical (unpaired) electrons. The van der Waals surface area contributed by atoms with Crippen molar-refractivity contribution in [2.45, 2.75) is 47.5 Å². The molecule has 0 heteroatoms. The fourth-order valence-corrected chi connectivity index (χ4v) is 3.12. The molecule has 0 N–H and O–H groups in total. The first-order valence-corrected chi connectivity index (χ1v) is 5.52. The van der Waals surface area contributed by atoms with Crippen LogP contribution < -0.4 is 0 Å². The van der Waals surface area contributed by atoms with Gasteiger partial charge in [-0.3, -0.25) is 0 Å². The van der Waals surface area contributed by atoms with E-state index in [1.807, 2.05) is 0 Å². The van der Waals surface area contributed by atoms with Gasteiger partial charge in [0.1, 0.15) is 0 Å². The predicted molar refractivity (Wildman–Crippen MR) is 55.1 cm³/mol. The maximum Gasteiger partial charge on any atom is -0.0337 e. The van der Waals surface area contributed by atoms with Gasteiger partial charge in [-0.1, -0.05) is 34.6 Å². The lowest BCUT2D eigenvalue weighted by Gasteiger charge is -2.46. The van der Waals surface area contributed by atoms with Crippen LogP contribution in [0.1, 0.15) is 47.5 Å². The lowest BCUT2D eigenvalue weighted by atomic mass is 9.59. The summed E-state index contributed by atoms with van der Waals surface area (Å²) in [6.45, 7) is 11.9. The molecular formula is C12H24. The van der Waals surface area contributed by atoms with E-state index in [1.54, 1.807) is 0 Å². The van der Waals surface area contributed by atoms with Crippen molar-refractivity contribution in [3.05, 3.63) is 0 Å². The van der Waals surface area contributed by atoms with Gasteiger partial charge in [-0.15, -0.1) is 0 Å². The van der Waals surface area contributed by atoms with Crippen LogP contribution in [0, 0.1) is 29.6 Å². The SMILES string of the molecule is CC(C)CC1CC(C)C1C(C)C. The van der Waals surface area contributed by atoms with Gasteiger partial charge in [0.05, 0.1) is 0 Å². The summed E-state index contributed by atoms with van der Waals surface area (Å²) < 4.78 is 0. The fourth-order valence-electron chi connectivity index (χ4n) is 3.12. The number of hydrogen-bond donors (Lipinski definition) is 0. The van der Waals surface area contributed by atoms with Crippen molar-refractivity contribution in [2.75, 3.05) is 0 Å². The van der Waals surface area contributed by atoms with Crippen LogP contribution in [0.4, 0.5) is 0 Å². The third-order valence-electron chi connectivity index (χ3n) is 3.42. The van der Waals surface area contributed by atoms with Crippen LogP contribution in [0.25, 0.3) is 0 Å². The fraction of sp³-hybridized carbons (Fsp3) is 1.00. The minimum atomic E-state index is 0.892. The van der Waals surface area contributed by atoms with Crippen LogP contribution >= 0.6 is 0 Å². The normalized spacial score (nSPS) is 35.8. The van der Waals surface area contributed by atoms with Crippen molar-refractivity contribution in [2.24, 2.45) is 29.6 Å². The highest BCUT2D eigenvalue weighted by Gasteiger charge is 2.39. The van der Waals surface area contributed by atoms with Gasteiger partial charge < -0.3 is 0 Å². The van der Waals surface area contributed by atoms with Gasteiger partial charge in [0.15, 0.2) is 0 Å². The van der Waals surface area contributed by atoms with Crippen LogP contribution in [0.2, 0.25) is 0 Å². The first kappa shape index (κ1) is 10.1. The third kappa shape index (κ3) is 2.02. The summed E-state index contributed by atoms with van der Waals surface area (Å²) in [5.74, 6) is 4.85. The largest absolute Gasteiger partial charge is 0.0628 e. The lowest BCUT2D eigenvalue weighted by molar-refractivity contribution is 0.0286. The molecule has 0 aromatic heterocycles. The Morgan fingerprint density at radius 1 is 1.17 bits per heavy atom. The van der Waals surface area contributed by atoms with E-state index >= 15 is 0 Å². The maximum atomic E-state index is 2.42. The van der Waals surface area contributed by atoms with Crippen LogP contribution in [0.15, 0.2) is 0 Å². The molecule has 3 unspecified atom stereocenters. The minimum Gasteiger partial charge on any atom is -0.0628 e. The highest BCUT2D eigenvalue weighted by Crippen LogP contribution is 2.47. The molecule has 0 amide bonds. The van der Waals surface area contributed by atoms with E-state index in [0.29, 0.717) is 0 Å². The van der Waals surface area contributed by atoms with E-state index in [1.165, 1.54) is 12.8 Å². The Balaban J connectivity index is 2.38. The smallest absolute Gasteiger partial charge is 0.0337 e. The topological polar surface area (TPSA) is 0 Å². The molecular weight excluding hydrogens is 144 g/mol. The van der Waals surface area contributed by atoms with Gasteiger partial charge in [0, 0.05) is 0 Å². The van der Waals surface area contributed by atoms with Crippen molar-refractivity contribution in [1.29, 1.82) is 0 Å². The van der Waals surface area contributed by atoms with Gasteiger partial charge in [0.25, 0.3) is 0 Å². The summed E-state index contributed by atoms with van der Waals surface area (Å²) in [6.07, 6.45) is 2.94. The molecule has 1 rings (SSSR count). The molecule has 0 bridgehead atoms. The average Bonchev–Trinajstić information content (AvgIpc) is 1.82. The van der Waals surface area contributed by atoms with Gasteiger partial charge in [-0.25, -0.2) is 0 Å². The zero-order valence-electron chi connectivity index (χ0n) is 9.30. The zero-order valence-corrected chi connectivity index (χ0v) is 9.30. The van der Waals surface area contributed by atoms with E-state index in [4.69, 9.17) is 0 Å². The highest BCUT2D eigenvalue weighted by molar-refractivity contribution is 4.88. The van der Waals surface area contributed by atoms with Gasteiger partial charge in [0.2, 0.25) is 0 Å². The predicted octanol–water partition coefficient (Wildman–Crippen LogP) is 3.96. The molecule has 0 aromatic rings. The molecule has 0 aromatic carbocycles. The van der Waals surface area contributed by atoms with Gasteiger partial charge in [-0.05, 0) is 42.4 Å². The molecule has 1 aliphatic carbocycles. The lowest BCUT2D eigenvalue weighted by Crippen LogP contribution is -2.39. The Morgan fingerprint density at radius 2 is 1.75 bits per heavy atom. The van der Waals surface area contributed by atoms with Crippen LogP contribution in [0.5, 0.6) is 0 Å². The summed E-state index contributed by atoms with van der Waals surface area (Å²) >= 11 is 0. The molecule has 1 aliphatic rings. The van der Waals surface area contributed by atoms with Crippen LogP contribution in [-0.2, 0) is 0 Å². The summed E-state index contributed by atoms with van der Waals surface area (Å²) in [5, 5.41) is 0. The minimum absolute atomic E-state index is 0.892. The Kier molecular flexibility index (Phi) is 3.20. The Morgan fingerprint density at radius 3 is 2.08 bits per heavy atom. The van der Waals surface area contributed by atoms with Crippen molar-refractivity contribution in [1.82, 2.24) is 0 Å². The van der Waals surface area contributed by atoms with E-state index in [0.717, 1.165) is 29.6 Å². The summed E-state index contributed by atoms with van der Waals surface area (Å²) in [4.78, 5) is 0. The van der Waals surface area contributed by atoms with E-state index in [9.17, 15) is 0 Å². The van der Waals surface area contributed by atoms with Crippen molar-refractivity contribution < 1.29 is 0 Å². The first-order valence-electron chi connectivity index (χ1n) is 5.52. The zero-order chi connectivity index (χ0) is 9.30. The summed E-state index contributed by atoms with van der Waals surface area (Å²) in [7, 11) is 0. The second kappa shape index (κ2) is 3.81. The monoisotopic (exact) mass is 168 g/mol. The molecule has 0 saturated heterocycles. The van der Waals surface area contributed by atoms with Crippen molar-refractivity contribution in [3.63, 3.8) is 0 Å². The molecule has 0 heterocycles. The van der Waals surface area contributed by atoms with Gasteiger partial charge in [-0.2, -0.15) is 0 Å². The second-order valence-corrected chi connectivity index (χ2v) is 5.42. The Hall–Kier alpha value is 0. The molecule has 0 spiro atoms. The Labute approximate surface area is 77.7 Å². The van der Waals surface area contributed by atoms with Gasteiger partial charge >= 0.3 is 0 Å². The van der Waals surface area contributed by atoms with Crippen LogP contribution in [0.3, 0.4) is 0 Å². The Bertz CT molecular complexity index is 130. The summed E-state index contributed by atoms with van der Waals surface area (Å²) in [6, 6.07) is 0. The molecule has 12 heavy (non-hydrogen) atoms. The van der Waals surface area contributed by atoms with E-state index < -0.39 is 0 Å². The van der Waals surface area contributed by atoms with E-state index in [-0.39, 0.29) is 0 Å². The number of hydrogen-bond acceptors (Lipinski definition) is 0. The average molecular weight is 168 g/mol. The molecule has 72 valence electrons. The molecule has 0 nitrogen and oxygen atoms in total. The maximum absolute atomic E-state index is 2.42. The number of rotatable bonds is 3. The quantitative estimate of drug-likeness (QED) is 0.598. The van der Waals surface area contributed by atoms with E-state index in [2.05, 4.69) is 34.6 Å². The first-order chi connectivity index (χ1) is 5.52. The highest BCUT2D eigenvalue weighted by atomic mass is 14.4. The van der Waals surface area contributed by atoms with Crippen molar-refractivity contribution >= 4 is 0 Å². The van der Waals surface area contributed by atoms with Crippen LogP contribution in [-0.4, -0.2) is 0 Å². The molecule has 1 fully saturated rings. The second-order valence-electron chi connectivity index (χ2n) is 5.42. The molecule has 0 aliphatic heterocycles. The third-order valence-corrected chi connectivity index (χ3v) is 3.42. The van der Waals surface area contributed by atoms with Crippen molar-refractivity contribution in [3.8, 4) is 0 Å². The molecule has 1 saturated carbocycles. The standard InChI is InChI=1S/C12H24/c1-8(2)6-11-7-10(5)12(11)9(3)4/h8-12H,6-7H2,1-5H3. The molecule has 3 atom stereocenters. The summed E-state index contributed by atoms with van der Waals surface area (Å²) in [5.41, 5.74) is 0.